The SMILES string of the molecule is CC(=O)N1CCC(C2CN(c3cccc(CN=C(N)OC(N)=O)c3F)C2)CC1. The molecule has 28 heavy (non-hydrogen) atoms. The molecule has 0 atom stereocenters. The Kier molecular flexibility index (Phi) is 6.01. The lowest BCUT2D eigenvalue weighted by Crippen LogP contribution is -2.52. The molecule has 2 heterocycles. The molecule has 1 aromatic rings. The van der Waals surface area contributed by atoms with Crippen LogP contribution in [0.2, 0.25) is 0 Å². The number of likely N-dealkylation sites (tertiary alicyclic amines) is 1. The lowest BCUT2D eigenvalue weighted by atomic mass is 9.79. The topological polar surface area (TPSA) is 114 Å². The second kappa shape index (κ2) is 8.45. The Bertz CT molecular complexity index is 771. The van der Waals surface area contributed by atoms with Gasteiger partial charge in [-0.3, -0.25) is 4.79 Å². The molecule has 2 saturated heterocycles. The van der Waals surface area contributed by atoms with E-state index >= 15 is 0 Å². The van der Waals surface area contributed by atoms with Crippen LogP contribution in [-0.4, -0.2) is 49.1 Å². The van der Waals surface area contributed by atoms with Crippen LogP contribution in [0.1, 0.15) is 25.3 Å². The van der Waals surface area contributed by atoms with Gasteiger partial charge in [0, 0.05) is 38.7 Å². The van der Waals surface area contributed by atoms with Crippen LogP contribution in [0, 0.1) is 17.7 Å². The third-order valence-electron chi connectivity index (χ3n) is 5.57. The number of anilines is 1. The molecule has 1 aromatic carbocycles. The minimum Gasteiger partial charge on any atom is -0.376 e. The fourth-order valence-electron chi connectivity index (χ4n) is 3.92. The highest BCUT2D eigenvalue weighted by Crippen LogP contribution is 2.36. The average Bonchev–Trinajstić information content (AvgIpc) is 2.60. The fraction of sp³-hybridized carbons (Fsp3) is 0.526. The molecule has 2 aliphatic heterocycles. The summed E-state index contributed by atoms with van der Waals surface area (Å²) in [6.07, 6.45) is 0.958. The van der Waals surface area contributed by atoms with E-state index in [0.29, 0.717) is 23.1 Å². The molecule has 152 valence electrons. The van der Waals surface area contributed by atoms with Gasteiger partial charge in [-0.25, -0.2) is 14.2 Å². The summed E-state index contributed by atoms with van der Waals surface area (Å²) < 4.78 is 19.3. The normalized spacial score (nSPS) is 18.7. The molecular weight excluding hydrogens is 365 g/mol. The largest absolute Gasteiger partial charge is 0.412 e. The van der Waals surface area contributed by atoms with Crippen LogP contribution in [0.5, 0.6) is 0 Å². The van der Waals surface area contributed by atoms with Gasteiger partial charge in [-0.1, -0.05) is 12.1 Å². The molecule has 8 nitrogen and oxygen atoms in total. The van der Waals surface area contributed by atoms with Gasteiger partial charge < -0.3 is 26.0 Å². The Balaban J connectivity index is 1.56. The van der Waals surface area contributed by atoms with Gasteiger partial charge in [0.05, 0.1) is 12.2 Å². The van der Waals surface area contributed by atoms with Gasteiger partial charge in [0.25, 0.3) is 6.02 Å². The molecule has 0 spiro atoms. The number of carbonyl (C=O) groups is 2. The van der Waals surface area contributed by atoms with Gasteiger partial charge in [-0.05, 0) is 30.7 Å². The van der Waals surface area contributed by atoms with E-state index < -0.39 is 12.1 Å². The van der Waals surface area contributed by atoms with E-state index in [1.54, 1.807) is 25.1 Å². The Morgan fingerprint density at radius 2 is 1.89 bits per heavy atom. The Morgan fingerprint density at radius 1 is 1.21 bits per heavy atom. The van der Waals surface area contributed by atoms with E-state index in [2.05, 4.69) is 9.73 Å². The number of aliphatic imine (C=N–C) groups is 1. The third kappa shape index (κ3) is 4.52. The molecule has 0 aromatic heterocycles. The summed E-state index contributed by atoms with van der Waals surface area (Å²) in [7, 11) is 0. The average molecular weight is 391 g/mol. The summed E-state index contributed by atoms with van der Waals surface area (Å²) in [5, 5.41) is 0. The number of halogens is 1. The number of piperidine rings is 1. The lowest BCUT2D eigenvalue weighted by molar-refractivity contribution is -0.130. The number of ether oxygens (including phenoxy) is 1. The monoisotopic (exact) mass is 391 g/mol. The van der Waals surface area contributed by atoms with Crippen LogP contribution in [0.3, 0.4) is 0 Å². The highest BCUT2D eigenvalue weighted by molar-refractivity contribution is 5.84. The summed E-state index contributed by atoms with van der Waals surface area (Å²) >= 11 is 0. The second-order valence-electron chi connectivity index (χ2n) is 7.33. The number of hydrogen-bond donors (Lipinski definition) is 2. The van der Waals surface area contributed by atoms with Crippen molar-refractivity contribution in [1.82, 2.24) is 4.90 Å². The first-order chi connectivity index (χ1) is 13.3. The first-order valence-corrected chi connectivity index (χ1v) is 9.40. The van der Waals surface area contributed by atoms with Crippen molar-refractivity contribution in [3.63, 3.8) is 0 Å². The number of amides is 2. The van der Waals surface area contributed by atoms with Crippen molar-refractivity contribution in [3.05, 3.63) is 29.6 Å². The number of benzene rings is 1. The van der Waals surface area contributed by atoms with Gasteiger partial charge in [0.1, 0.15) is 0 Å². The molecular formula is C19H26FN5O3. The predicted octanol–water partition coefficient (Wildman–Crippen LogP) is 1.43. The number of nitrogens with two attached hydrogens (primary N) is 2. The molecule has 0 unspecified atom stereocenters. The molecule has 2 amide bonds. The van der Waals surface area contributed by atoms with Gasteiger partial charge in [-0.2, -0.15) is 0 Å². The Hall–Kier alpha value is -2.84. The van der Waals surface area contributed by atoms with Gasteiger partial charge in [0.2, 0.25) is 5.91 Å². The summed E-state index contributed by atoms with van der Waals surface area (Å²) in [5.41, 5.74) is 11.2. The Labute approximate surface area is 163 Å². The zero-order valence-corrected chi connectivity index (χ0v) is 15.9. The number of rotatable bonds is 4. The van der Waals surface area contributed by atoms with E-state index in [1.165, 1.54) is 0 Å². The predicted molar refractivity (Wildman–Crippen MR) is 103 cm³/mol. The molecule has 0 bridgehead atoms. The first kappa shape index (κ1) is 19.9. The number of nitrogens with zero attached hydrogens (tertiary/aromatic N) is 3. The third-order valence-corrected chi connectivity index (χ3v) is 5.57. The van der Waals surface area contributed by atoms with Crippen LogP contribution >= 0.6 is 0 Å². The van der Waals surface area contributed by atoms with Crippen molar-refractivity contribution >= 4 is 23.7 Å². The van der Waals surface area contributed by atoms with Crippen LogP contribution in [0.4, 0.5) is 14.9 Å². The van der Waals surface area contributed by atoms with E-state index in [1.807, 2.05) is 9.80 Å². The first-order valence-electron chi connectivity index (χ1n) is 9.40. The molecule has 2 aliphatic rings. The van der Waals surface area contributed by atoms with Crippen LogP contribution in [0.25, 0.3) is 0 Å². The van der Waals surface area contributed by atoms with Gasteiger partial charge >= 0.3 is 6.09 Å². The lowest BCUT2D eigenvalue weighted by Gasteiger charge is -2.47. The molecule has 0 aliphatic carbocycles. The molecule has 9 heteroatoms. The van der Waals surface area contributed by atoms with E-state index in [4.69, 9.17) is 11.5 Å². The van der Waals surface area contributed by atoms with Crippen molar-refractivity contribution in [2.45, 2.75) is 26.3 Å². The number of carbonyl (C=O) groups excluding carboxylic acids is 2. The molecule has 4 N–H and O–H groups in total. The molecule has 2 fully saturated rings. The van der Waals surface area contributed by atoms with Gasteiger partial charge in [-0.15, -0.1) is 0 Å². The van der Waals surface area contributed by atoms with Crippen LogP contribution < -0.4 is 16.4 Å². The Morgan fingerprint density at radius 3 is 2.50 bits per heavy atom. The summed E-state index contributed by atoms with van der Waals surface area (Å²) in [5.74, 6) is 0.892. The number of primary amides is 1. The van der Waals surface area contributed by atoms with Crippen LogP contribution in [0.15, 0.2) is 23.2 Å². The van der Waals surface area contributed by atoms with Crippen molar-refractivity contribution in [1.29, 1.82) is 0 Å². The smallest absolute Gasteiger partial charge is 0.376 e. The van der Waals surface area contributed by atoms with Crippen molar-refractivity contribution in [2.75, 3.05) is 31.1 Å². The molecule has 0 radical (unpaired) electrons. The van der Waals surface area contributed by atoms with Crippen LogP contribution in [-0.2, 0) is 16.1 Å². The number of amidine groups is 1. The summed E-state index contributed by atoms with van der Waals surface area (Å²) in [4.78, 5) is 29.8. The summed E-state index contributed by atoms with van der Waals surface area (Å²) in [6.45, 7) is 4.81. The van der Waals surface area contributed by atoms with Crippen molar-refractivity contribution in [3.8, 4) is 0 Å². The zero-order valence-electron chi connectivity index (χ0n) is 15.9. The maximum absolute atomic E-state index is 14.8. The maximum atomic E-state index is 14.8. The zero-order chi connectivity index (χ0) is 20.3. The minimum absolute atomic E-state index is 0.0421. The highest BCUT2D eigenvalue weighted by atomic mass is 19.1. The van der Waals surface area contributed by atoms with Gasteiger partial charge in [0.15, 0.2) is 5.82 Å². The van der Waals surface area contributed by atoms with E-state index in [-0.39, 0.29) is 18.3 Å². The minimum atomic E-state index is -1.06. The van der Waals surface area contributed by atoms with Crippen molar-refractivity contribution in [2.24, 2.45) is 28.3 Å². The molecule has 3 rings (SSSR count). The quantitative estimate of drug-likeness (QED) is 0.595. The maximum Gasteiger partial charge on any atom is 0.412 e. The van der Waals surface area contributed by atoms with E-state index in [0.717, 1.165) is 39.0 Å². The summed E-state index contributed by atoms with van der Waals surface area (Å²) in [6, 6.07) is 4.75. The second-order valence-corrected chi connectivity index (χ2v) is 7.33. The van der Waals surface area contributed by atoms with E-state index in [9.17, 15) is 14.0 Å². The number of hydrogen-bond acceptors (Lipinski definition) is 5. The van der Waals surface area contributed by atoms with Crippen molar-refractivity contribution < 1.29 is 18.7 Å². The molecule has 0 saturated carbocycles. The fourth-order valence-corrected chi connectivity index (χ4v) is 3.92. The standard InChI is InChI=1S/C19H26FN5O3/c1-12(26)24-7-5-13(6-8-24)15-10-25(11-15)16-4-2-3-14(17(16)20)9-23-18(21)28-19(22)27/h2-4,13,15H,5-11H2,1H3,(H2,21,23)(H2,22,27). The highest BCUT2D eigenvalue weighted by Gasteiger charge is 2.36.